The lowest BCUT2D eigenvalue weighted by Crippen LogP contribution is -2.48. The zero-order valence-electron chi connectivity index (χ0n) is 17.5. The molecule has 2 aromatic heterocycles. The van der Waals surface area contributed by atoms with Crippen LogP contribution in [-0.4, -0.2) is 64.9 Å². The Morgan fingerprint density at radius 3 is 2.69 bits per heavy atom. The zero-order chi connectivity index (χ0) is 20.2. The molecular formula is C22H31N5OS. The number of hydrogen-bond acceptors (Lipinski definition) is 6. The number of anilines is 1. The Morgan fingerprint density at radius 2 is 1.97 bits per heavy atom. The summed E-state index contributed by atoms with van der Waals surface area (Å²) in [6.07, 6.45) is 10.4. The third-order valence-corrected chi connectivity index (χ3v) is 7.21. The normalized spacial score (nSPS) is 21.3. The molecule has 4 heterocycles. The van der Waals surface area contributed by atoms with Crippen LogP contribution in [0.25, 0.3) is 0 Å². The van der Waals surface area contributed by atoms with E-state index in [4.69, 9.17) is 0 Å². The van der Waals surface area contributed by atoms with Gasteiger partial charge >= 0.3 is 0 Å². The van der Waals surface area contributed by atoms with Crippen molar-refractivity contribution in [3.63, 3.8) is 0 Å². The van der Waals surface area contributed by atoms with Gasteiger partial charge in [0.25, 0.3) is 5.91 Å². The van der Waals surface area contributed by atoms with E-state index in [0.29, 0.717) is 17.5 Å². The van der Waals surface area contributed by atoms with Crippen molar-refractivity contribution in [2.24, 2.45) is 5.92 Å². The minimum absolute atomic E-state index is 0.0303. The fraction of sp³-hybridized carbons (Fsp3) is 0.591. The number of thiazole rings is 1. The molecule has 2 fully saturated rings. The van der Waals surface area contributed by atoms with Crippen molar-refractivity contribution >= 4 is 22.4 Å². The van der Waals surface area contributed by atoms with Crippen molar-refractivity contribution < 1.29 is 4.79 Å². The van der Waals surface area contributed by atoms with Gasteiger partial charge in [-0.25, -0.2) is 4.98 Å². The van der Waals surface area contributed by atoms with Gasteiger partial charge in [0.15, 0.2) is 5.13 Å². The van der Waals surface area contributed by atoms with E-state index in [-0.39, 0.29) is 5.91 Å². The number of piperidine rings is 2. The first-order chi connectivity index (χ1) is 14.1. The first-order valence-electron chi connectivity index (χ1n) is 10.7. The molecule has 1 atom stereocenters. The maximum absolute atomic E-state index is 12.8. The van der Waals surface area contributed by atoms with E-state index in [1.807, 2.05) is 19.2 Å². The average Bonchev–Trinajstić information content (AvgIpc) is 3.24. The van der Waals surface area contributed by atoms with Crippen LogP contribution in [0.4, 0.5) is 5.13 Å². The molecule has 0 aromatic carbocycles. The SMILES string of the molecule is C[C@@H]1CCCN(C2CCN(c3ncc(C(=O)N(C)Cc4ccncc4)s3)CC2)C1. The van der Waals surface area contributed by atoms with Crippen LogP contribution in [0.1, 0.15) is 47.8 Å². The Kier molecular flexibility index (Phi) is 6.45. The van der Waals surface area contributed by atoms with E-state index < -0.39 is 0 Å². The molecule has 6 nitrogen and oxygen atoms in total. The summed E-state index contributed by atoms with van der Waals surface area (Å²) in [5.41, 5.74) is 1.08. The molecule has 2 aliphatic rings. The minimum Gasteiger partial charge on any atom is -0.348 e. The van der Waals surface area contributed by atoms with Gasteiger partial charge in [0, 0.05) is 51.7 Å². The highest BCUT2D eigenvalue weighted by Gasteiger charge is 2.28. The Balaban J connectivity index is 1.31. The summed E-state index contributed by atoms with van der Waals surface area (Å²) in [5, 5.41) is 0.983. The molecule has 2 aliphatic heterocycles. The van der Waals surface area contributed by atoms with Crippen molar-refractivity contribution in [2.75, 3.05) is 38.1 Å². The van der Waals surface area contributed by atoms with Gasteiger partial charge < -0.3 is 9.80 Å². The molecule has 156 valence electrons. The van der Waals surface area contributed by atoms with Gasteiger partial charge in [-0.2, -0.15) is 0 Å². The third-order valence-electron chi connectivity index (χ3n) is 6.16. The second kappa shape index (κ2) is 9.22. The lowest BCUT2D eigenvalue weighted by atomic mass is 9.95. The lowest BCUT2D eigenvalue weighted by Gasteiger charge is -2.41. The largest absolute Gasteiger partial charge is 0.348 e. The van der Waals surface area contributed by atoms with Crippen LogP contribution in [-0.2, 0) is 6.54 Å². The molecule has 4 rings (SSSR count). The Bertz CT molecular complexity index is 803. The van der Waals surface area contributed by atoms with Crippen LogP contribution in [0.5, 0.6) is 0 Å². The third kappa shape index (κ3) is 4.95. The molecule has 29 heavy (non-hydrogen) atoms. The summed E-state index contributed by atoms with van der Waals surface area (Å²) in [6.45, 7) is 7.53. The van der Waals surface area contributed by atoms with Crippen molar-refractivity contribution in [3.8, 4) is 0 Å². The molecule has 0 N–H and O–H groups in total. The molecular weight excluding hydrogens is 382 g/mol. The molecule has 2 aromatic rings. The molecule has 0 radical (unpaired) electrons. The topological polar surface area (TPSA) is 52.6 Å². The molecule has 0 unspecified atom stereocenters. The van der Waals surface area contributed by atoms with Gasteiger partial charge in [0.1, 0.15) is 4.88 Å². The predicted molar refractivity (Wildman–Crippen MR) is 117 cm³/mol. The molecule has 0 aliphatic carbocycles. The summed E-state index contributed by atoms with van der Waals surface area (Å²) in [4.78, 5) is 28.9. The summed E-state index contributed by atoms with van der Waals surface area (Å²) in [6, 6.07) is 4.59. The van der Waals surface area contributed by atoms with Crippen molar-refractivity contribution in [1.82, 2.24) is 19.8 Å². The quantitative estimate of drug-likeness (QED) is 0.751. The van der Waals surface area contributed by atoms with E-state index >= 15 is 0 Å². The number of pyridine rings is 1. The van der Waals surface area contributed by atoms with E-state index in [9.17, 15) is 4.79 Å². The van der Waals surface area contributed by atoms with Crippen LogP contribution in [0, 0.1) is 5.92 Å². The standard InChI is InChI=1S/C22H31N5OS/c1-17-4-3-11-27(15-17)19-7-12-26(13-8-19)22-24-14-20(29-22)21(28)25(2)16-18-5-9-23-10-6-18/h5-6,9-10,14,17,19H,3-4,7-8,11-13,15-16H2,1-2H3/t17-/m1/s1. The number of amides is 1. The molecule has 0 bridgehead atoms. The summed E-state index contributed by atoms with van der Waals surface area (Å²) in [5.74, 6) is 0.862. The summed E-state index contributed by atoms with van der Waals surface area (Å²) in [7, 11) is 1.84. The van der Waals surface area contributed by atoms with Crippen molar-refractivity contribution in [1.29, 1.82) is 0 Å². The molecule has 0 saturated carbocycles. The van der Waals surface area contributed by atoms with Crippen molar-refractivity contribution in [2.45, 2.75) is 45.2 Å². The molecule has 1 amide bonds. The monoisotopic (exact) mass is 413 g/mol. The highest BCUT2D eigenvalue weighted by molar-refractivity contribution is 7.17. The average molecular weight is 414 g/mol. The van der Waals surface area contributed by atoms with Gasteiger partial charge in [-0.05, 0) is 55.8 Å². The number of likely N-dealkylation sites (tertiary alicyclic amines) is 1. The highest BCUT2D eigenvalue weighted by Crippen LogP contribution is 2.29. The van der Waals surface area contributed by atoms with Gasteiger partial charge in [-0.1, -0.05) is 18.3 Å². The zero-order valence-corrected chi connectivity index (χ0v) is 18.3. The Hall–Kier alpha value is -1.99. The Morgan fingerprint density at radius 1 is 1.21 bits per heavy atom. The fourth-order valence-corrected chi connectivity index (χ4v) is 5.47. The highest BCUT2D eigenvalue weighted by atomic mass is 32.1. The van der Waals surface area contributed by atoms with Gasteiger partial charge in [-0.15, -0.1) is 0 Å². The lowest BCUT2D eigenvalue weighted by molar-refractivity contribution is 0.0789. The van der Waals surface area contributed by atoms with Crippen LogP contribution in [0.2, 0.25) is 0 Å². The summed E-state index contributed by atoms with van der Waals surface area (Å²) >= 11 is 1.52. The van der Waals surface area contributed by atoms with Crippen LogP contribution in [0.15, 0.2) is 30.7 Å². The Labute approximate surface area is 177 Å². The molecule has 0 spiro atoms. The fourth-order valence-electron chi connectivity index (χ4n) is 4.51. The minimum atomic E-state index is 0.0303. The number of hydrogen-bond donors (Lipinski definition) is 0. The van der Waals surface area contributed by atoms with Gasteiger partial charge in [0.2, 0.25) is 0 Å². The smallest absolute Gasteiger partial charge is 0.265 e. The van der Waals surface area contributed by atoms with E-state index in [1.165, 1.54) is 50.1 Å². The maximum Gasteiger partial charge on any atom is 0.265 e. The van der Waals surface area contributed by atoms with E-state index in [0.717, 1.165) is 29.7 Å². The second-order valence-corrected chi connectivity index (χ2v) is 9.49. The summed E-state index contributed by atoms with van der Waals surface area (Å²) < 4.78 is 0. The first kappa shape index (κ1) is 20.3. The van der Waals surface area contributed by atoms with E-state index in [1.54, 1.807) is 23.5 Å². The molecule has 7 heteroatoms. The van der Waals surface area contributed by atoms with Gasteiger partial charge in [-0.3, -0.25) is 14.7 Å². The first-order valence-corrected chi connectivity index (χ1v) is 11.5. The second-order valence-electron chi connectivity index (χ2n) is 8.48. The van der Waals surface area contributed by atoms with Crippen LogP contribution < -0.4 is 4.90 Å². The van der Waals surface area contributed by atoms with Gasteiger partial charge in [0.05, 0.1) is 6.20 Å². The number of aromatic nitrogens is 2. The van der Waals surface area contributed by atoms with E-state index in [2.05, 4.69) is 26.7 Å². The predicted octanol–water partition coefficient (Wildman–Crippen LogP) is 3.51. The number of nitrogens with zero attached hydrogens (tertiary/aromatic N) is 5. The number of carbonyl (C=O) groups is 1. The van der Waals surface area contributed by atoms with Crippen LogP contribution >= 0.6 is 11.3 Å². The maximum atomic E-state index is 12.8. The number of rotatable bonds is 5. The number of carbonyl (C=O) groups excluding carboxylic acids is 1. The molecule has 2 saturated heterocycles. The van der Waals surface area contributed by atoms with Crippen LogP contribution in [0.3, 0.4) is 0 Å². The van der Waals surface area contributed by atoms with Crippen molar-refractivity contribution in [3.05, 3.63) is 41.2 Å².